The summed E-state index contributed by atoms with van der Waals surface area (Å²) < 4.78 is 10.4. The highest BCUT2D eigenvalue weighted by Gasteiger charge is 2.41. The van der Waals surface area contributed by atoms with Crippen LogP contribution in [0.15, 0.2) is 56.9 Å². The Hall–Kier alpha value is -2.22. The third kappa shape index (κ3) is 3.95. The summed E-state index contributed by atoms with van der Waals surface area (Å²) in [7, 11) is 1.57. The van der Waals surface area contributed by atoms with E-state index < -0.39 is 5.97 Å². The second kappa shape index (κ2) is 8.65. The molecular weight excluding hydrogens is 406 g/mol. The minimum absolute atomic E-state index is 0.100. The maximum absolute atomic E-state index is 13.3. The van der Waals surface area contributed by atoms with E-state index in [-0.39, 0.29) is 24.2 Å². The van der Waals surface area contributed by atoms with Gasteiger partial charge in [-0.15, -0.1) is 11.3 Å². The van der Waals surface area contributed by atoms with Gasteiger partial charge in [-0.1, -0.05) is 6.07 Å². The van der Waals surface area contributed by atoms with E-state index in [0.29, 0.717) is 24.2 Å². The first-order chi connectivity index (χ1) is 14.1. The summed E-state index contributed by atoms with van der Waals surface area (Å²) in [5.74, 6) is -0.504. The maximum atomic E-state index is 13.3. The monoisotopic (exact) mass is 429 g/mol. The molecule has 0 aromatic carbocycles. The van der Waals surface area contributed by atoms with Crippen molar-refractivity contribution in [2.24, 2.45) is 0 Å². The number of thiophene rings is 2. The fourth-order valence-corrected chi connectivity index (χ4v) is 5.62. The first-order valence-electron chi connectivity index (χ1n) is 9.55. The van der Waals surface area contributed by atoms with Gasteiger partial charge in [-0.3, -0.25) is 4.79 Å². The molecule has 0 saturated carbocycles. The minimum atomic E-state index is -0.400. The van der Waals surface area contributed by atoms with E-state index in [1.54, 1.807) is 29.8 Å². The number of methoxy groups -OCH3 is 1. The van der Waals surface area contributed by atoms with Gasteiger partial charge in [0, 0.05) is 47.2 Å². The minimum Gasteiger partial charge on any atom is -0.460 e. The molecule has 2 aromatic rings. The Balaban J connectivity index is 1.71. The molecule has 0 fully saturated rings. The highest BCUT2D eigenvalue weighted by Crippen LogP contribution is 2.46. The van der Waals surface area contributed by atoms with Crippen molar-refractivity contribution in [2.75, 3.05) is 20.3 Å². The average Bonchev–Trinajstić information content (AvgIpc) is 3.41. The fourth-order valence-electron chi connectivity index (χ4n) is 4.10. The lowest BCUT2D eigenvalue weighted by Gasteiger charge is -2.36. The highest BCUT2D eigenvalue weighted by atomic mass is 32.1. The molecule has 0 saturated heterocycles. The third-order valence-electron chi connectivity index (χ3n) is 5.39. The van der Waals surface area contributed by atoms with Gasteiger partial charge in [0.2, 0.25) is 0 Å². The van der Waals surface area contributed by atoms with Gasteiger partial charge in [-0.25, -0.2) is 4.79 Å². The van der Waals surface area contributed by atoms with Crippen molar-refractivity contribution in [3.8, 4) is 0 Å². The molecule has 1 N–H and O–H groups in total. The lowest BCUT2D eigenvalue weighted by atomic mass is 9.73. The molecule has 0 bridgehead atoms. The van der Waals surface area contributed by atoms with Crippen molar-refractivity contribution < 1.29 is 19.1 Å². The molecule has 2 aliphatic rings. The summed E-state index contributed by atoms with van der Waals surface area (Å²) >= 11 is 3.25. The highest BCUT2D eigenvalue weighted by molar-refractivity contribution is 7.10. The summed E-state index contributed by atoms with van der Waals surface area (Å²) in [6.45, 7) is 2.40. The first-order valence-corrected chi connectivity index (χ1v) is 11.4. The largest absolute Gasteiger partial charge is 0.460 e. The number of dihydropyridines is 1. The van der Waals surface area contributed by atoms with Gasteiger partial charge in [0.15, 0.2) is 5.78 Å². The van der Waals surface area contributed by atoms with Gasteiger partial charge in [-0.05, 0) is 47.2 Å². The van der Waals surface area contributed by atoms with E-state index in [0.717, 1.165) is 23.4 Å². The molecule has 7 heteroatoms. The topological polar surface area (TPSA) is 64.6 Å². The Kier molecular flexibility index (Phi) is 5.99. The third-order valence-corrected chi connectivity index (χ3v) is 7.13. The van der Waals surface area contributed by atoms with Crippen molar-refractivity contribution >= 4 is 34.4 Å². The van der Waals surface area contributed by atoms with Crippen molar-refractivity contribution in [3.63, 3.8) is 0 Å². The Morgan fingerprint density at radius 3 is 2.79 bits per heavy atom. The summed E-state index contributed by atoms with van der Waals surface area (Å²) in [6.07, 6.45) is 1.23. The predicted octanol–water partition coefficient (Wildman–Crippen LogP) is 4.36. The van der Waals surface area contributed by atoms with Crippen LogP contribution in [0, 0.1) is 0 Å². The second-order valence-corrected chi connectivity index (χ2v) is 8.98. The smallest absolute Gasteiger partial charge is 0.336 e. The molecule has 0 radical (unpaired) electrons. The van der Waals surface area contributed by atoms with E-state index in [1.165, 1.54) is 4.88 Å². The van der Waals surface area contributed by atoms with Crippen LogP contribution in [0.1, 0.15) is 42.0 Å². The molecule has 1 aliphatic heterocycles. The molecule has 0 spiro atoms. The maximum Gasteiger partial charge on any atom is 0.336 e. The molecule has 0 amide bonds. The molecule has 4 rings (SSSR count). The molecule has 3 heterocycles. The van der Waals surface area contributed by atoms with Crippen LogP contribution in [0.5, 0.6) is 0 Å². The zero-order chi connectivity index (χ0) is 20.4. The molecule has 29 heavy (non-hydrogen) atoms. The van der Waals surface area contributed by atoms with Crippen LogP contribution in [-0.4, -0.2) is 32.1 Å². The Labute approximate surface area is 178 Å². The molecule has 1 aliphatic carbocycles. The van der Waals surface area contributed by atoms with Crippen molar-refractivity contribution in [2.45, 2.75) is 31.6 Å². The quantitative estimate of drug-likeness (QED) is 0.546. The number of carbonyl (C=O) groups excluding carboxylic acids is 2. The lowest BCUT2D eigenvalue weighted by Crippen LogP contribution is -2.36. The number of allylic oxidation sites excluding steroid dienone is 3. The summed E-state index contributed by atoms with van der Waals surface area (Å²) in [5.41, 5.74) is 3.87. The second-order valence-electron chi connectivity index (χ2n) is 7.22. The number of carbonyl (C=O) groups is 2. The van der Waals surface area contributed by atoms with Crippen LogP contribution >= 0.6 is 22.7 Å². The van der Waals surface area contributed by atoms with E-state index >= 15 is 0 Å². The number of nitrogens with one attached hydrogen (secondary N) is 1. The van der Waals surface area contributed by atoms with Gasteiger partial charge in [0.05, 0.1) is 12.2 Å². The van der Waals surface area contributed by atoms with Crippen molar-refractivity contribution in [3.05, 3.63) is 67.3 Å². The van der Waals surface area contributed by atoms with Crippen LogP contribution in [0.3, 0.4) is 0 Å². The van der Waals surface area contributed by atoms with Gasteiger partial charge < -0.3 is 14.8 Å². The number of rotatable bonds is 6. The number of hydrogen-bond donors (Lipinski definition) is 1. The van der Waals surface area contributed by atoms with Gasteiger partial charge in [-0.2, -0.15) is 11.3 Å². The summed E-state index contributed by atoms with van der Waals surface area (Å²) in [6, 6.07) is 6.10. The Morgan fingerprint density at radius 2 is 2.10 bits per heavy atom. The van der Waals surface area contributed by atoms with Gasteiger partial charge in [0.25, 0.3) is 0 Å². The molecule has 2 aromatic heterocycles. The van der Waals surface area contributed by atoms with E-state index in [9.17, 15) is 9.59 Å². The molecule has 0 unspecified atom stereocenters. The van der Waals surface area contributed by atoms with Crippen LogP contribution in [-0.2, 0) is 19.1 Å². The number of Topliss-reactive ketones (excluding diaryl/α,β-unsaturated/α-hetero) is 1. The molecule has 152 valence electrons. The van der Waals surface area contributed by atoms with Crippen LogP contribution in [0.25, 0.3) is 0 Å². The normalized spacial score (nSPS) is 21.8. The fraction of sp³-hybridized carbons (Fsp3) is 0.364. The summed E-state index contributed by atoms with van der Waals surface area (Å²) in [5, 5.41) is 9.40. The number of hydrogen-bond acceptors (Lipinski definition) is 7. The van der Waals surface area contributed by atoms with Crippen molar-refractivity contribution in [1.82, 2.24) is 5.32 Å². The zero-order valence-electron chi connectivity index (χ0n) is 16.4. The van der Waals surface area contributed by atoms with E-state index in [2.05, 4.69) is 11.4 Å². The van der Waals surface area contributed by atoms with Crippen LogP contribution in [0.4, 0.5) is 0 Å². The van der Waals surface area contributed by atoms with E-state index in [1.807, 2.05) is 35.2 Å². The number of ether oxygens (including phenoxy) is 2. The Morgan fingerprint density at radius 1 is 1.24 bits per heavy atom. The molecule has 5 nitrogen and oxygen atoms in total. The summed E-state index contributed by atoms with van der Waals surface area (Å²) in [4.78, 5) is 27.4. The number of ketones is 1. The van der Waals surface area contributed by atoms with Crippen molar-refractivity contribution in [1.29, 1.82) is 0 Å². The molecule has 2 atom stereocenters. The van der Waals surface area contributed by atoms with Crippen LogP contribution < -0.4 is 5.32 Å². The number of esters is 1. The predicted molar refractivity (Wildman–Crippen MR) is 114 cm³/mol. The SMILES string of the molecule is COCCOC(=O)C1=C(C)NC2=C(C(=O)C[C@@H](c3cccs3)C2)[C@@H]1c1ccsc1. The zero-order valence-corrected chi connectivity index (χ0v) is 18.0. The average molecular weight is 430 g/mol. The van der Waals surface area contributed by atoms with E-state index in [4.69, 9.17) is 9.47 Å². The molecular formula is C22H23NO4S2. The van der Waals surface area contributed by atoms with Gasteiger partial charge >= 0.3 is 5.97 Å². The van der Waals surface area contributed by atoms with Crippen LogP contribution in [0.2, 0.25) is 0 Å². The van der Waals surface area contributed by atoms with Gasteiger partial charge in [0.1, 0.15) is 6.61 Å². The first kappa shape index (κ1) is 20.1. The standard InChI is InChI=1S/C22H23NO4S2/c1-13-19(22(25)27-7-6-26-2)20(14-5-9-28-12-14)21-16(23-13)10-15(11-17(21)24)18-4-3-8-29-18/h3-5,8-9,12,15,20,23H,6-7,10-11H2,1-2H3/t15-,20+/m0/s1. The Bertz CT molecular complexity index is 957. The lowest BCUT2D eigenvalue weighted by molar-refractivity contribution is -0.140.